The first-order chi connectivity index (χ1) is 16.4. The third-order valence-electron chi connectivity index (χ3n) is 5.11. The minimum absolute atomic E-state index is 0.0141. The summed E-state index contributed by atoms with van der Waals surface area (Å²) >= 11 is 13.6. The van der Waals surface area contributed by atoms with Gasteiger partial charge in [0.05, 0.1) is 24.0 Å². The summed E-state index contributed by atoms with van der Waals surface area (Å²) < 4.78 is 33.6. The van der Waals surface area contributed by atoms with Gasteiger partial charge in [-0.2, -0.15) is 0 Å². The highest BCUT2D eigenvalue weighted by molar-refractivity contribution is 8.00. The van der Waals surface area contributed by atoms with Crippen molar-refractivity contribution in [3.63, 3.8) is 0 Å². The average molecular weight is 552 g/mol. The second-order valence-corrected chi connectivity index (χ2v) is 10.1. The fraction of sp³-hybridized carbons (Fsp3) is 0.500. The molecule has 0 spiro atoms. The number of aromatic nitrogens is 2. The Morgan fingerprint density at radius 3 is 2.56 bits per heavy atom. The van der Waals surface area contributed by atoms with E-state index in [9.17, 15) is 18.8 Å². The molecule has 2 atom stereocenters. The maximum Gasteiger partial charge on any atom is 0.325 e. The molecule has 2 unspecified atom stereocenters. The van der Waals surface area contributed by atoms with Gasteiger partial charge >= 0.3 is 16.8 Å². The molecule has 0 aliphatic carbocycles. The molecular formula is C20H20Cl2FN3O6S2. The number of benzene rings is 1. The number of esters is 2. The second-order valence-electron chi connectivity index (χ2n) is 7.47. The number of halogens is 3. The Kier molecular flexibility index (Phi) is 8.35. The van der Waals surface area contributed by atoms with Crippen molar-refractivity contribution in [3.8, 4) is 0 Å². The van der Waals surface area contributed by atoms with Crippen LogP contribution in [0.3, 0.4) is 0 Å². The van der Waals surface area contributed by atoms with Crippen LogP contribution < -0.4 is 9.67 Å². The maximum atomic E-state index is 14.6. The Morgan fingerprint density at radius 1 is 1.18 bits per heavy atom. The molecule has 1 saturated heterocycles. The van der Waals surface area contributed by atoms with E-state index >= 15 is 0 Å². The van der Waals surface area contributed by atoms with Gasteiger partial charge in [-0.25, -0.2) is 14.1 Å². The van der Waals surface area contributed by atoms with Gasteiger partial charge in [0.2, 0.25) is 4.80 Å². The largest absolute Gasteiger partial charge is 0.455 e. The summed E-state index contributed by atoms with van der Waals surface area (Å²) in [4.78, 5) is 41.0. The van der Waals surface area contributed by atoms with Crippen LogP contribution in [0, 0.1) is 5.82 Å². The van der Waals surface area contributed by atoms with Crippen molar-refractivity contribution in [1.82, 2.24) is 9.36 Å². The van der Waals surface area contributed by atoms with Crippen LogP contribution in [0.15, 0.2) is 26.8 Å². The first-order valence-electron chi connectivity index (χ1n) is 10.4. The van der Waals surface area contributed by atoms with Crippen molar-refractivity contribution in [2.45, 2.75) is 43.0 Å². The number of thioether (sulfide) groups is 1. The maximum absolute atomic E-state index is 14.6. The zero-order valence-electron chi connectivity index (χ0n) is 17.7. The van der Waals surface area contributed by atoms with Gasteiger partial charge in [0, 0.05) is 18.0 Å². The van der Waals surface area contributed by atoms with Crippen LogP contribution in [0.25, 0.3) is 0 Å². The number of fused-ring (bicyclic) bond motifs is 1. The number of hydrogen-bond donors (Lipinski definition) is 0. The van der Waals surface area contributed by atoms with Gasteiger partial charge < -0.3 is 14.2 Å². The highest BCUT2D eigenvalue weighted by Gasteiger charge is 2.34. The molecule has 1 aromatic carbocycles. The molecule has 1 aromatic heterocycles. The zero-order chi connectivity index (χ0) is 24.2. The first-order valence-corrected chi connectivity index (χ1v) is 13.1. The van der Waals surface area contributed by atoms with Crippen LogP contribution in [-0.2, 0) is 36.9 Å². The number of alkyl halides is 1. The minimum atomic E-state index is -0.740. The molecule has 0 saturated carbocycles. The molecule has 34 heavy (non-hydrogen) atoms. The number of hydrogen-bond acceptors (Lipinski definition) is 9. The molecule has 3 heterocycles. The Hall–Kier alpha value is -1.86. The van der Waals surface area contributed by atoms with Crippen LogP contribution in [0.4, 0.5) is 10.1 Å². The first kappa shape index (κ1) is 25.2. The van der Waals surface area contributed by atoms with Crippen LogP contribution in [0.2, 0.25) is 5.02 Å². The molecule has 4 rings (SSSR count). The molecule has 9 nitrogen and oxygen atoms in total. The van der Waals surface area contributed by atoms with Gasteiger partial charge in [-0.3, -0.25) is 19.1 Å². The number of carbonyl (C=O) groups is 2. The van der Waals surface area contributed by atoms with Crippen molar-refractivity contribution in [2.75, 3.05) is 24.8 Å². The van der Waals surface area contributed by atoms with Crippen molar-refractivity contribution in [2.24, 2.45) is 4.99 Å². The van der Waals surface area contributed by atoms with E-state index < -0.39 is 30.0 Å². The van der Waals surface area contributed by atoms with E-state index in [2.05, 4.69) is 4.99 Å². The normalized spacial score (nSPS) is 20.3. The lowest BCUT2D eigenvalue weighted by atomic mass is 10.2. The van der Waals surface area contributed by atoms with Gasteiger partial charge in [0.25, 0.3) is 0 Å². The fourth-order valence-electron chi connectivity index (χ4n) is 3.51. The number of rotatable bonds is 7. The van der Waals surface area contributed by atoms with Crippen molar-refractivity contribution in [1.29, 1.82) is 0 Å². The van der Waals surface area contributed by atoms with E-state index in [0.29, 0.717) is 22.8 Å². The molecule has 2 aromatic rings. The van der Waals surface area contributed by atoms with Crippen molar-refractivity contribution in [3.05, 3.63) is 37.4 Å². The summed E-state index contributed by atoms with van der Waals surface area (Å²) in [6.45, 7) is 1.44. The SMILES string of the molecule is O=C(CCl)OC1COCC1OC(=O)CSc1cc(N=c2sc(=O)n3n2CCCC3)c(F)cc1Cl. The third-order valence-corrected chi connectivity index (χ3v) is 7.65. The highest BCUT2D eigenvalue weighted by Crippen LogP contribution is 2.33. The Labute approximate surface area is 211 Å². The molecule has 0 N–H and O–H groups in total. The Morgan fingerprint density at radius 2 is 1.85 bits per heavy atom. The molecule has 2 aliphatic rings. The standard InChI is InChI=1S/C20H20Cl2FN3O6S2/c21-7-17(27)31-14-8-30-9-15(14)32-18(28)10-33-16-6-13(12(23)5-11(16)22)24-19-25-3-1-2-4-26(25)20(29)34-19/h5-6,14-15H,1-4,7-10H2. The van der Waals surface area contributed by atoms with E-state index in [1.165, 1.54) is 6.07 Å². The molecular weight excluding hydrogens is 532 g/mol. The van der Waals surface area contributed by atoms with Crippen LogP contribution >= 0.6 is 46.3 Å². The van der Waals surface area contributed by atoms with E-state index in [1.54, 1.807) is 9.36 Å². The predicted molar refractivity (Wildman–Crippen MR) is 124 cm³/mol. The Bertz CT molecular complexity index is 1210. The monoisotopic (exact) mass is 551 g/mol. The summed E-state index contributed by atoms with van der Waals surface area (Å²) in [5, 5.41) is 0.118. The third kappa shape index (κ3) is 5.85. The topological polar surface area (TPSA) is 101 Å². The lowest BCUT2D eigenvalue weighted by molar-refractivity contribution is -0.160. The van der Waals surface area contributed by atoms with Gasteiger partial charge in [0.1, 0.15) is 17.4 Å². The lowest BCUT2D eigenvalue weighted by Crippen LogP contribution is -2.34. The van der Waals surface area contributed by atoms with Crippen LogP contribution in [0.5, 0.6) is 0 Å². The zero-order valence-corrected chi connectivity index (χ0v) is 20.9. The number of nitrogens with zero attached hydrogens (tertiary/aromatic N) is 3. The molecule has 14 heteroatoms. The van der Waals surface area contributed by atoms with Gasteiger partial charge in [-0.15, -0.1) is 23.4 Å². The van der Waals surface area contributed by atoms with E-state index in [0.717, 1.165) is 42.0 Å². The van der Waals surface area contributed by atoms with E-state index in [1.807, 2.05) is 0 Å². The second kappa shape index (κ2) is 11.3. The van der Waals surface area contributed by atoms with Crippen LogP contribution in [0.1, 0.15) is 12.8 Å². The van der Waals surface area contributed by atoms with Crippen molar-refractivity contribution >= 4 is 63.9 Å². The summed E-state index contributed by atoms with van der Waals surface area (Å²) in [5.74, 6) is -2.29. The van der Waals surface area contributed by atoms with Crippen molar-refractivity contribution < 1.29 is 28.2 Å². The molecule has 0 amide bonds. The number of carbonyl (C=O) groups excluding carboxylic acids is 2. The van der Waals surface area contributed by atoms with Gasteiger partial charge in [0.15, 0.2) is 12.2 Å². The fourth-order valence-corrected chi connectivity index (χ4v) is 5.51. The predicted octanol–water partition coefficient (Wildman–Crippen LogP) is 2.71. The summed E-state index contributed by atoms with van der Waals surface area (Å²) in [6, 6.07) is 2.56. The van der Waals surface area contributed by atoms with Gasteiger partial charge in [-0.1, -0.05) is 11.6 Å². The molecule has 1 fully saturated rings. The minimum Gasteiger partial charge on any atom is -0.455 e. The lowest BCUT2D eigenvalue weighted by Gasteiger charge is -2.18. The molecule has 0 radical (unpaired) electrons. The highest BCUT2D eigenvalue weighted by atomic mass is 35.5. The smallest absolute Gasteiger partial charge is 0.325 e. The molecule has 2 aliphatic heterocycles. The van der Waals surface area contributed by atoms with Gasteiger partial charge in [-0.05, 0) is 36.3 Å². The summed E-state index contributed by atoms with van der Waals surface area (Å²) in [7, 11) is 0. The number of ether oxygens (including phenoxy) is 3. The molecule has 0 bridgehead atoms. The summed E-state index contributed by atoms with van der Waals surface area (Å²) in [5.41, 5.74) is 0.0141. The quantitative estimate of drug-likeness (QED) is 0.296. The van der Waals surface area contributed by atoms with E-state index in [-0.39, 0.29) is 40.4 Å². The summed E-state index contributed by atoms with van der Waals surface area (Å²) in [6.07, 6.45) is 0.354. The molecule has 184 valence electrons. The van der Waals surface area contributed by atoms with Crippen LogP contribution in [-0.4, -0.2) is 58.4 Å². The average Bonchev–Trinajstić information content (AvgIpc) is 3.38. The Balaban J connectivity index is 1.45. The van der Waals surface area contributed by atoms with E-state index in [4.69, 9.17) is 37.4 Å².